The van der Waals surface area contributed by atoms with Crippen molar-refractivity contribution in [2.24, 2.45) is 0 Å². The Balaban J connectivity index is 1.26. The number of benzene rings is 4. The molecule has 7 rings (SSSR count). The predicted octanol–water partition coefficient (Wildman–Crippen LogP) is 6.47. The zero-order chi connectivity index (χ0) is 36.2. The molecule has 1 N–H and O–H groups in total. The van der Waals surface area contributed by atoms with E-state index in [1.807, 2.05) is 104 Å². The molecule has 0 bridgehead atoms. The Morgan fingerprint density at radius 3 is 2.00 bits per heavy atom. The second-order valence-corrected chi connectivity index (χ2v) is 14.5. The molecule has 0 saturated carbocycles. The number of aromatic nitrogens is 2. The zero-order valence-corrected chi connectivity index (χ0v) is 30.4. The zero-order valence-electron chi connectivity index (χ0n) is 29.5. The van der Waals surface area contributed by atoms with Gasteiger partial charge < -0.3 is 28.0 Å². The van der Waals surface area contributed by atoms with Crippen molar-refractivity contribution in [3.63, 3.8) is 0 Å². The predicted molar refractivity (Wildman–Crippen MR) is 198 cm³/mol. The molecule has 4 aromatic carbocycles. The third-order valence-electron chi connectivity index (χ3n) is 9.60. The SMILES string of the molecule is COc1ccc(C(OC[C@H]2O[C@@H](n3cc(C)c(=O)[nH]c3=O)C[C@@H]2OP2O[C@H](c3ccccc3)CN2C)(c2ccccc2)c2ccc(OC)cc2)cc1. The molecule has 1 aromatic heterocycles. The molecule has 1 unspecified atom stereocenters. The van der Waals surface area contributed by atoms with E-state index in [1.165, 1.54) is 10.8 Å². The summed E-state index contributed by atoms with van der Waals surface area (Å²) >= 11 is 0. The van der Waals surface area contributed by atoms with Crippen molar-refractivity contribution in [3.05, 3.63) is 164 Å². The number of methoxy groups -OCH3 is 2. The Kier molecular flexibility index (Phi) is 10.7. The van der Waals surface area contributed by atoms with Crippen LogP contribution in [0.25, 0.3) is 0 Å². The van der Waals surface area contributed by atoms with Gasteiger partial charge in [0.05, 0.1) is 26.9 Å². The van der Waals surface area contributed by atoms with Gasteiger partial charge in [-0.25, -0.2) is 9.46 Å². The maximum Gasteiger partial charge on any atom is 0.330 e. The van der Waals surface area contributed by atoms with Crippen LogP contribution in [0, 0.1) is 6.92 Å². The van der Waals surface area contributed by atoms with Gasteiger partial charge in [0, 0.05) is 24.7 Å². The third-order valence-corrected chi connectivity index (χ3v) is 11.2. The van der Waals surface area contributed by atoms with E-state index in [0.29, 0.717) is 30.0 Å². The molecule has 12 heteroatoms. The normalized spacial score (nSPS) is 22.0. The van der Waals surface area contributed by atoms with Crippen molar-refractivity contribution in [3.8, 4) is 11.5 Å². The van der Waals surface area contributed by atoms with Gasteiger partial charge in [0.15, 0.2) is 0 Å². The summed E-state index contributed by atoms with van der Waals surface area (Å²) in [5.74, 6) is 1.43. The van der Waals surface area contributed by atoms with Crippen LogP contribution in [0.2, 0.25) is 0 Å². The first-order chi connectivity index (χ1) is 25.3. The molecule has 3 heterocycles. The fraction of sp³-hybridized carbons (Fsp3) is 0.300. The molecule has 11 nitrogen and oxygen atoms in total. The number of nitrogens with one attached hydrogen (secondary N) is 1. The van der Waals surface area contributed by atoms with Gasteiger partial charge in [-0.3, -0.25) is 14.3 Å². The summed E-state index contributed by atoms with van der Waals surface area (Å²) in [7, 11) is 3.79. The van der Waals surface area contributed by atoms with Crippen LogP contribution in [0.15, 0.2) is 125 Å². The summed E-state index contributed by atoms with van der Waals surface area (Å²) in [5.41, 5.74) is 2.04. The van der Waals surface area contributed by atoms with Crippen LogP contribution in [0.1, 0.15) is 46.6 Å². The minimum atomic E-state index is -1.47. The van der Waals surface area contributed by atoms with E-state index >= 15 is 0 Å². The first kappa shape index (κ1) is 35.8. The van der Waals surface area contributed by atoms with Crippen LogP contribution in [0.4, 0.5) is 0 Å². The summed E-state index contributed by atoms with van der Waals surface area (Å²) < 4.78 is 41.7. The molecule has 2 aliphatic heterocycles. The molecule has 0 amide bonds. The Morgan fingerprint density at radius 2 is 1.40 bits per heavy atom. The van der Waals surface area contributed by atoms with Crippen molar-refractivity contribution in [2.45, 2.75) is 43.5 Å². The molecule has 52 heavy (non-hydrogen) atoms. The smallest absolute Gasteiger partial charge is 0.330 e. The number of hydrogen-bond acceptors (Lipinski definition) is 9. The van der Waals surface area contributed by atoms with E-state index in [-0.39, 0.29) is 12.7 Å². The Morgan fingerprint density at radius 1 is 0.827 bits per heavy atom. The van der Waals surface area contributed by atoms with Crippen molar-refractivity contribution in [1.82, 2.24) is 14.2 Å². The highest BCUT2D eigenvalue weighted by atomic mass is 31.2. The fourth-order valence-corrected chi connectivity index (χ4v) is 8.31. The molecular weight excluding hydrogens is 681 g/mol. The number of likely N-dealkylation sites (N-methyl/N-ethyl adjacent to an activating group) is 1. The number of H-pyrrole nitrogens is 1. The summed E-state index contributed by atoms with van der Waals surface area (Å²) in [6.45, 7) is 2.41. The first-order valence-electron chi connectivity index (χ1n) is 17.1. The molecule has 2 aliphatic rings. The van der Waals surface area contributed by atoms with E-state index in [0.717, 1.165) is 22.3 Å². The number of hydrogen-bond donors (Lipinski definition) is 1. The number of rotatable bonds is 12. The topological polar surface area (TPSA) is 113 Å². The van der Waals surface area contributed by atoms with Gasteiger partial charge in [0.2, 0.25) is 0 Å². The van der Waals surface area contributed by atoms with Gasteiger partial charge in [-0.1, -0.05) is 84.9 Å². The van der Waals surface area contributed by atoms with E-state index < -0.39 is 43.8 Å². The average Bonchev–Trinajstić information content (AvgIpc) is 3.76. The summed E-state index contributed by atoms with van der Waals surface area (Å²) in [6.07, 6.45) is -0.154. The number of aryl methyl sites for hydroxylation is 1. The van der Waals surface area contributed by atoms with E-state index in [9.17, 15) is 9.59 Å². The minimum Gasteiger partial charge on any atom is -0.497 e. The van der Waals surface area contributed by atoms with Crippen molar-refractivity contribution < 1.29 is 28.0 Å². The third kappa shape index (κ3) is 7.21. The molecule has 2 saturated heterocycles. The maximum absolute atomic E-state index is 13.1. The van der Waals surface area contributed by atoms with Gasteiger partial charge in [0.1, 0.15) is 35.5 Å². The highest BCUT2D eigenvalue weighted by Crippen LogP contribution is 2.55. The molecular formula is C40H42N3O8P. The largest absolute Gasteiger partial charge is 0.497 e. The highest BCUT2D eigenvalue weighted by molar-refractivity contribution is 7.44. The van der Waals surface area contributed by atoms with Crippen LogP contribution >= 0.6 is 8.53 Å². The summed E-state index contributed by atoms with van der Waals surface area (Å²) in [5, 5.41) is 0. The molecule has 2 fully saturated rings. The van der Waals surface area contributed by atoms with E-state index in [2.05, 4.69) is 21.8 Å². The maximum atomic E-state index is 13.1. The lowest BCUT2D eigenvalue weighted by molar-refractivity contribution is -0.0920. The standard InChI is InChI=1S/C40H42N3O8P/c1-27-24-43(39(45)41-38(27)44)37-23-34(50-52-42(2)25-35(51-52)28-11-7-5-8-12-28)36(49-37)26-48-40(29-13-9-6-10-14-29,30-15-19-32(46-3)20-16-30)31-17-21-33(47-4)22-18-31/h5-22,24,34-37H,23,25-26H2,1-4H3,(H,41,44,45)/t34-,35-,36+,37+,52?/m0/s1. The van der Waals surface area contributed by atoms with Crippen LogP contribution in [0.5, 0.6) is 11.5 Å². The van der Waals surface area contributed by atoms with Crippen molar-refractivity contribution in [1.29, 1.82) is 0 Å². The Hall–Kier alpha value is -4.61. The second kappa shape index (κ2) is 15.6. The summed E-state index contributed by atoms with van der Waals surface area (Å²) in [6, 6.07) is 35.8. The van der Waals surface area contributed by atoms with Crippen LogP contribution in [-0.4, -0.2) is 60.8 Å². The minimum absolute atomic E-state index is 0.0835. The lowest BCUT2D eigenvalue weighted by atomic mass is 9.80. The monoisotopic (exact) mass is 723 g/mol. The van der Waals surface area contributed by atoms with Crippen molar-refractivity contribution >= 4 is 8.53 Å². The number of ether oxygens (including phenoxy) is 4. The van der Waals surface area contributed by atoms with Gasteiger partial charge in [-0.15, -0.1) is 0 Å². The Bertz CT molecular complexity index is 2010. The van der Waals surface area contributed by atoms with E-state index in [1.54, 1.807) is 21.1 Å². The van der Waals surface area contributed by atoms with Crippen LogP contribution in [-0.2, 0) is 24.1 Å². The molecule has 5 atom stereocenters. The fourth-order valence-electron chi connectivity index (χ4n) is 6.80. The second-order valence-electron chi connectivity index (χ2n) is 12.9. The van der Waals surface area contributed by atoms with Gasteiger partial charge in [-0.05, 0) is 60.5 Å². The Labute approximate surface area is 303 Å². The molecule has 5 aromatic rings. The average molecular weight is 724 g/mol. The van der Waals surface area contributed by atoms with Gasteiger partial charge in [-0.2, -0.15) is 0 Å². The van der Waals surface area contributed by atoms with E-state index in [4.69, 9.17) is 28.0 Å². The molecule has 0 spiro atoms. The molecule has 270 valence electrons. The molecule has 0 aliphatic carbocycles. The number of aromatic amines is 1. The van der Waals surface area contributed by atoms with Gasteiger partial charge >= 0.3 is 5.69 Å². The lowest BCUT2D eigenvalue weighted by Crippen LogP contribution is -2.38. The molecule has 0 radical (unpaired) electrons. The van der Waals surface area contributed by atoms with Crippen molar-refractivity contribution in [2.75, 3.05) is 34.4 Å². The van der Waals surface area contributed by atoms with Gasteiger partial charge in [0.25, 0.3) is 14.1 Å². The summed E-state index contributed by atoms with van der Waals surface area (Å²) in [4.78, 5) is 27.7. The lowest BCUT2D eigenvalue weighted by Gasteiger charge is -2.37. The first-order valence-corrected chi connectivity index (χ1v) is 18.3. The highest BCUT2D eigenvalue weighted by Gasteiger charge is 2.46. The van der Waals surface area contributed by atoms with Crippen LogP contribution in [0.3, 0.4) is 0 Å². The van der Waals surface area contributed by atoms with Crippen LogP contribution < -0.4 is 20.7 Å². The quantitative estimate of drug-likeness (QED) is 0.114. The number of nitrogens with zero attached hydrogens (tertiary/aromatic N) is 2.